The molecule has 8 nitrogen and oxygen atoms in total. The van der Waals surface area contributed by atoms with Gasteiger partial charge in [0.25, 0.3) is 0 Å². The van der Waals surface area contributed by atoms with Gasteiger partial charge in [0.15, 0.2) is 0 Å². The monoisotopic (exact) mass is 547 g/mol. The van der Waals surface area contributed by atoms with Crippen LogP contribution in [0.5, 0.6) is 0 Å². The highest BCUT2D eigenvalue weighted by Gasteiger charge is 2.35. The molecule has 2 aliphatic heterocycles. The van der Waals surface area contributed by atoms with E-state index in [1.54, 1.807) is 24.3 Å². The minimum atomic E-state index is -3.71. The van der Waals surface area contributed by atoms with Crippen LogP contribution in [-0.2, 0) is 31.4 Å². The second kappa shape index (κ2) is 11.2. The second-order valence-electron chi connectivity index (χ2n) is 10.3. The zero-order valence-electron chi connectivity index (χ0n) is 21.9. The van der Waals surface area contributed by atoms with E-state index in [0.717, 1.165) is 41.5 Å². The Morgan fingerprint density at radius 2 is 1.43 bits per heavy atom. The summed E-state index contributed by atoms with van der Waals surface area (Å²) >= 11 is 0. The van der Waals surface area contributed by atoms with Crippen LogP contribution in [-0.4, -0.2) is 57.5 Å². The van der Waals surface area contributed by atoms with Crippen LogP contribution in [0.25, 0.3) is 0 Å². The van der Waals surface area contributed by atoms with E-state index in [9.17, 15) is 21.6 Å². The van der Waals surface area contributed by atoms with Crippen LogP contribution in [0.2, 0.25) is 0 Å². The van der Waals surface area contributed by atoms with E-state index in [1.165, 1.54) is 8.61 Å². The van der Waals surface area contributed by atoms with Gasteiger partial charge in [-0.2, -0.15) is 8.61 Å². The van der Waals surface area contributed by atoms with Crippen molar-refractivity contribution in [2.24, 2.45) is 5.92 Å². The maximum Gasteiger partial charge on any atom is 0.243 e. The average Bonchev–Trinajstić information content (AvgIpc) is 2.87. The van der Waals surface area contributed by atoms with Crippen LogP contribution >= 0.6 is 0 Å². The van der Waals surface area contributed by atoms with E-state index in [2.05, 4.69) is 5.32 Å². The predicted molar refractivity (Wildman–Crippen MR) is 143 cm³/mol. The van der Waals surface area contributed by atoms with E-state index in [-0.39, 0.29) is 23.9 Å². The Morgan fingerprint density at radius 1 is 0.838 bits per heavy atom. The highest BCUT2D eigenvalue weighted by molar-refractivity contribution is 7.89. The van der Waals surface area contributed by atoms with Crippen molar-refractivity contribution in [3.05, 3.63) is 58.7 Å². The van der Waals surface area contributed by atoms with Crippen LogP contribution in [0.3, 0.4) is 0 Å². The van der Waals surface area contributed by atoms with Crippen LogP contribution < -0.4 is 5.32 Å². The van der Waals surface area contributed by atoms with Crippen molar-refractivity contribution in [1.82, 2.24) is 13.9 Å². The summed E-state index contributed by atoms with van der Waals surface area (Å²) in [6.07, 6.45) is 4.06. The first-order chi connectivity index (χ1) is 17.5. The van der Waals surface area contributed by atoms with Gasteiger partial charge in [-0.15, -0.1) is 0 Å². The number of sulfonamides is 2. The minimum Gasteiger partial charge on any atom is -0.352 e. The fourth-order valence-electron chi connectivity index (χ4n) is 5.44. The molecule has 2 aromatic carbocycles. The van der Waals surface area contributed by atoms with Gasteiger partial charge in [0.2, 0.25) is 26.0 Å². The van der Waals surface area contributed by atoms with Gasteiger partial charge < -0.3 is 5.32 Å². The summed E-state index contributed by atoms with van der Waals surface area (Å²) in [5.41, 5.74) is 3.24. The third-order valence-electron chi connectivity index (χ3n) is 7.30. The number of nitrogens with one attached hydrogen (secondary N) is 1. The fourth-order valence-corrected chi connectivity index (χ4v) is 8.90. The normalized spacial score (nSPS) is 20.0. The molecule has 1 unspecified atom stereocenters. The lowest BCUT2D eigenvalue weighted by atomic mass is 9.99. The summed E-state index contributed by atoms with van der Waals surface area (Å²) in [5.74, 6) is -0.629. The Hall–Kier alpha value is -2.27. The van der Waals surface area contributed by atoms with E-state index in [4.69, 9.17) is 0 Å². The van der Waals surface area contributed by atoms with E-state index >= 15 is 0 Å². The van der Waals surface area contributed by atoms with Gasteiger partial charge in [-0.1, -0.05) is 36.2 Å². The van der Waals surface area contributed by atoms with Crippen molar-refractivity contribution < 1.29 is 21.6 Å². The largest absolute Gasteiger partial charge is 0.352 e. The molecular weight excluding hydrogens is 510 g/mol. The second-order valence-corrected chi connectivity index (χ2v) is 14.1. The van der Waals surface area contributed by atoms with Gasteiger partial charge in [-0.3, -0.25) is 4.79 Å². The zero-order chi connectivity index (χ0) is 26.8. The number of nitrogens with zero attached hydrogens (tertiary/aromatic N) is 2. The quantitative estimate of drug-likeness (QED) is 0.571. The molecule has 2 aliphatic rings. The summed E-state index contributed by atoms with van der Waals surface area (Å²) in [6.45, 7) is 7.46. The van der Waals surface area contributed by atoms with Crippen molar-refractivity contribution in [2.45, 2.75) is 69.2 Å². The Kier molecular flexibility index (Phi) is 8.42. The predicted octanol–water partition coefficient (Wildman–Crippen LogP) is 3.50. The van der Waals surface area contributed by atoms with Crippen molar-refractivity contribution in [3.63, 3.8) is 0 Å². The zero-order valence-corrected chi connectivity index (χ0v) is 23.5. The molecule has 37 heavy (non-hydrogen) atoms. The number of benzene rings is 2. The molecule has 2 heterocycles. The molecule has 4 rings (SSSR count). The molecule has 0 radical (unpaired) electrons. The Bertz CT molecular complexity index is 1330. The van der Waals surface area contributed by atoms with Crippen LogP contribution in [0.1, 0.15) is 54.4 Å². The van der Waals surface area contributed by atoms with Gasteiger partial charge in [-0.25, -0.2) is 16.8 Å². The number of amides is 1. The molecular formula is C27H37N3O5S2. The standard InChI is InChI=1S/C27H37N3O5S2/c1-20-16-21(2)26(22(3)17-20)37(34,35)30-15-7-8-24(19-30)27(31)28-18-23-9-11-25(12-10-23)36(32,33)29-13-5-4-6-14-29/h9-12,16-17,24H,4-8,13-15,18-19H2,1-3H3,(H,28,31). The molecule has 1 N–H and O–H groups in total. The summed E-state index contributed by atoms with van der Waals surface area (Å²) in [6, 6.07) is 10.4. The number of hydrogen-bond donors (Lipinski definition) is 1. The maximum atomic E-state index is 13.5. The third-order valence-corrected chi connectivity index (χ3v) is 11.4. The SMILES string of the molecule is Cc1cc(C)c(S(=O)(=O)N2CCCC(C(=O)NCc3ccc(S(=O)(=O)N4CCCCC4)cc3)C2)c(C)c1. The van der Waals surface area contributed by atoms with Crippen LogP contribution in [0.4, 0.5) is 0 Å². The van der Waals surface area contributed by atoms with Crippen molar-refractivity contribution >= 4 is 26.0 Å². The first-order valence-corrected chi connectivity index (χ1v) is 15.8. The average molecular weight is 548 g/mol. The van der Waals surface area contributed by atoms with Gasteiger partial charge in [0, 0.05) is 32.7 Å². The Morgan fingerprint density at radius 3 is 2.05 bits per heavy atom. The van der Waals surface area contributed by atoms with E-state index in [0.29, 0.717) is 37.4 Å². The molecule has 0 saturated carbocycles. The first-order valence-electron chi connectivity index (χ1n) is 12.9. The summed E-state index contributed by atoms with van der Waals surface area (Å²) in [4.78, 5) is 13.6. The molecule has 2 fully saturated rings. The molecule has 0 aromatic heterocycles. The molecule has 202 valence electrons. The maximum absolute atomic E-state index is 13.5. The van der Waals surface area contributed by atoms with Crippen molar-refractivity contribution in [1.29, 1.82) is 0 Å². The Labute approximate surface area is 221 Å². The number of carbonyl (C=O) groups excluding carboxylic acids is 1. The van der Waals surface area contributed by atoms with Crippen molar-refractivity contribution in [2.75, 3.05) is 26.2 Å². The van der Waals surface area contributed by atoms with Gasteiger partial charge in [0.1, 0.15) is 0 Å². The van der Waals surface area contributed by atoms with Gasteiger partial charge in [0.05, 0.1) is 15.7 Å². The molecule has 1 atom stereocenters. The summed E-state index contributed by atoms with van der Waals surface area (Å²) < 4.78 is 55.6. The lowest BCUT2D eigenvalue weighted by Gasteiger charge is -2.32. The van der Waals surface area contributed by atoms with Crippen LogP contribution in [0.15, 0.2) is 46.2 Å². The lowest BCUT2D eigenvalue weighted by molar-refractivity contribution is -0.126. The molecule has 0 bridgehead atoms. The summed E-state index contributed by atoms with van der Waals surface area (Å²) in [7, 11) is -7.20. The third kappa shape index (κ3) is 6.08. The minimum absolute atomic E-state index is 0.147. The fraction of sp³-hybridized carbons (Fsp3) is 0.519. The number of hydrogen-bond acceptors (Lipinski definition) is 5. The molecule has 0 spiro atoms. The van der Waals surface area contributed by atoms with Gasteiger partial charge in [-0.05, 0) is 75.3 Å². The number of rotatable bonds is 7. The van der Waals surface area contributed by atoms with Crippen LogP contribution in [0, 0.1) is 26.7 Å². The lowest BCUT2D eigenvalue weighted by Crippen LogP contribution is -2.45. The highest BCUT2D eigenvalue weighted by atomic mass is 32.2. The smallest absolute Gasteiger partial charge is 0.243 e. The van der Waals surface area contributed by atoms with E-state index < -0.39 is 26.0 Å². The first kappa shape index (κ1) is 27.8. The highest BCUT2D eigenvalue weighted by Crippen LogP contribution is 2.29. The topological polar surface area (TPSA) is 104 Å². The molecule has 2 saturated heterocycles. The number of piperidine rings is 2. The number of aryl methyl sites for hydroxylation is 3. The molecule has 1 amide bonds. The Balaban J connectivity index is 1.38. The number of carbonyl (C=O) groups is 1. The van der Waals surface area contributed by atoms with Crippen molar-refractivity contribution in [3.8, 4) is 0 Å². The van der Waals surface area contributed by atoms with E-state index in [1.807, 2.05) is 32.9 Å². The molecule has 2 aromatic rings. The molecule has 0 aliphatic carbocycles. The molecule has 10 heteroatoms. The van der Waals surface area contributed by atoms with Gasteiger partial charge >= 0.3 is 0 Å². The summed E-state index contributed by atoms with van der Waals surface area (Å²) in [5, 5.41) is 2.91.